The van der Waals surface area contributed by atoms with Crippen LogP contribution in [0.5, 0.6) is 23.0 Å². The molecule has 8 aromatic carbocycles. The second-order valence-corrected chi connectivity index (χ2v) is 15.8. The number of nitrogens with zero attached hydrogens (tertiary/aromatic N) is 1. The molecule has 0 saturated carbocycles. The molecule has 2 aliphatic heterocycles. The molecular weight excluding hydrogens is 645 g/mol. The number of benzene rings is 8. The third-order valence-corrected chi connectivity index (χ3v) is 13.6. The highest BCUT2D eigenvalue weighted by atomic mass is 31.2. The van der Waals surface area contributed by atoms with E-state index in [-0.39, 0.29) is 0 Å². The summed E-state index contributed by atoms with van der Waals surface area (Å²) in [6.07, 6.45) is 0. The lowest BCUT2D eigenvalue weighted by molar-refractivity contribution is 0.462. The molecule has 9 aromatic rings. The fourth-order valence-corrected chi connectivity index (χ4v) is 11.4. The van der Waals surface area contributed by atoms with Crippen molar-refractivity contribution in [1.82, 2.24) is 4.57 Å². The molecule has 5 heteroatoms. The van der Waals surface area contributed by atoms with E-state index in [9.17, 15) is 0 Å². The molecule has 1 unspecified atom stereocenters. The van der Waals surface area contributed by atoms with Crippen LogP contribution in [0.15, 0.2) is 170 Å². The maximum Gasteiger partial charge on any atom is 0.186 e. The number of rotatable bonds is 3. The minimum atomic E-state index is -3.39. The zero-order valence-corrected chi connectivity index (χ0v) is 28.2. The Kier molecular flexibility index (Phi) is 5.91. The van der Waals surface area contributed by atoms with E-state index in [1.807, 2.05) is 78.9 Å². The van der Waals surface area contributed by atoms with Gasteiger partial charge in [-0.2, -0.15) is 0 Å². The molecule has 1 aromatic heterocycles. The molecule has 3 heterocycles. The average Bonchev–Trinajstić information content (AvgIpc) is 3.51. The maximum atomic E-state index is 16.0. The van der Waals surface area contributed by atoms with Crippen LogP contribution in [0.2, 0.25) is 0 Å². The second-order valence-electron chi connectivity index (χ2n) is 13.2. The molecule has 11 rings (SSSR count). The van der Waals surface area contributed by atoms with Gasteiger partial charge in [-0.25, -0.2) is 0 Å². The average molecular weight is 674 g/mol. The molecule has 0 fully saturated rings. The van der Waals surface area contributed by atoms with Crippen molar-refractivity contribution in [3.8, 4) is 50.9 Å². The Bertz CT molecular complexity index is 2830. The predicted molar refractivity (Wildman–Crippen MR) is 209 cm³/mol. The van der Waals surface area contributed by atoms with Gasteiger partial charge in [0.2, 0.25) is 0 Å². The zero-order valence-electron chi connectivity index (χ0n) is 27.3. The lowest BCUT2D eigenvalue weighted by Crippen LogP contribution is -2.35. The molecular formula is C46H28NO3P. The van der Waals surface area contributed by atoms with E-state index in [2.05, 4.69) is 95.6 Å². The highest BCUT2D eigenvalue weighted by molar-refractivity contribution is 7.86. The quantitative estimate of drug-likeness (QED) is 0.175. The van der Waals surface area contributed by atoms with Gasteiger partial charge in [0.05, 0.1) is 27.3 Å². The topological polar surface area (TPSA) is 40.5 Å². The summed E-state index contributed by atoms with van der Waals surface area (Å²) in [4.78, 5) is 0. The standard InChI is InChI=1S/C46H28NO3P/c48-51-44-18-10-9-17-40(44)49-42-27-34(28-43(46(42)51)50-41-24-21-31-15-7-8-16-35(31)45(41)51)47-38-22-19-32(29-11-3-1-4-12-29)25-36(38)37-26-33(20-23-39(37)47)30-13-5-2-6-14-30/h1-28H. The Morgan fingerprint density at radius 1 is 0.412 bits per heavy atom. The van der Waals surface area contributed by atoms with Gasteiger partial charge in [0.15, 0.2) is 7.14 Å². The normalized spacial score (nSPS) is 15.5. The van der Waals surface area contributed by atoms with E-state index in [0.29, 0.717) is 33.6 Å². The highest BCUT2D eigenvalue weighted by Gasteiger charge is 2.47. The molecule has 0 aliphatic carbocycles. The van der Waals surface area contributed by atoms with Gasteiger partial charge in [0, 0.05) is 22.9 Å². The lowest BCUT2D eigenvalue weighted by atomic mass is 10.0. The largest absolute Gasteiger partial charge is 0.456 e. The Labute approximate surface area is 294 Å². The molecule has 0 amide bonds. The van der Waals surface area contributed by atoms with Crippen LogP contribution in [0.4, 0.5) is 0 Å². The third kappa shape index (κ3) is 4.06. The first kappa shape index (κ1) is 28.5. The highest BCUT2D eigenvalue weighted by Crippen LogP contribution is 2.60. The van der Waals surface area contributed by atoms with Crippen LogP contribution in [0, 0.1) is 0 Å². The summed E-state index contributed by atoms with van der Waals surface area (Å²) in [5, 5.41) is 6.29. The van der Waals surface area contributed by atoms with E-state index in [1.165, 1.54) is 11.1 Å². The first-order valence-corrected chi connectivity index (χ1v) is 18.8. The summed E-state index contributed by atoms with van der Waals surface area (Å²) in [7, 11) is -3.39. The fraction of sp³-hybridized carbons (Fsp3) is 0. The first-order valence-electron chi connectivity index (χ1n) is 17.1. The number of fused-ring (bicyclic) bond motifs is 9. The Morgan fingerprint density at radius 2 is 0.980 bits per heavy atom. The van der Waals surface area contributed by atoms with E-state index in [4.69, 9.17) is 9.47 Å². The summed E-state index contributed by atoms with van der Waals surface area (Å²) in [5.41, 5.74) is 7.63. The van der Waals surface area contributed by atoms with Crippen molar-refractivity contribution >= 4 is 55.6 Å². The summed E-state index contributed by atoms with van der Waals surface area (Å²) >= 11 is 0. The Morgan fingerprint density at radius 3 is 1.65 bits per heavy atom. The van der Waals surface area contributed by atoms with Crippen LogP contribution in [-0.4, -0.2) is 4.57 Å². The van der Waals surface area contributed by atoms with Crippen molar-refractivity contribution in [3.63, 3.8) is 0 Å². The van der Waals surface area contributed by atoms with Gasteiger partial charge in [-0.05, 0) is 75.5 Å². The van der Waals surface area contributed by atoms with Crippen molar-refractivity contribution in [1.29, 1.82) is 0 Å². The molecule has 4 nitrogen and oxygen atoms in total. The van der Waals surface area contributed by atoms with Crippen LogP contribution >= 0.6 is 7.14 Å². The molecule has 0 spiro atoms. The molecule has 0 radical (unpaired) electrons. The molecule has 0 bridgehead atoms. The molecule has 2 aliphatic rings. The fourth-order valence-electron chi connectivity index (χ4n) is 8.12. The van der Waals surface area contributed by atoms with Gasteiger partial charge in [-0.15, -0.1) is 0 Å². The van der Waals surface area contributed by atoms with Crippen molar-refractivity contribution < 1.29 is 14.0 Å². The van der Waals surface area contributed by atoms with Crippen LogP contribution in [-0.2, 0) is 4.57 Å². The third-order valence-electron chi connectivity index (χ3n) is 10.4. The second kappa shape index (κ2) is 10.6. The van der Waals surface area contributed by atoms with Crippen molar-refractivity contribution in [2.24, 2.45) is 0 Å². The first-order chi connectivity index (χ1) is 25.1. The minimum Gasteiger partial charge on any atom is -0.456 e. The number of hydrogen-bond acceptors (Lipinski definition) is 3. The van der Waals surface area contributed by atoms with Crippen LogP contribution in [0.3, 0.4) is 0 Å². The van der Waals surface area contributed by atoms with Gasteiger partial charge in [0.1, 0.15) is 28.3 Å². The van der Waals surface area contributed by atoms with Crippen molar-refractivity contribution in [2.75, 3.05) is 0 Å². The van der Waals surface area contributed by atoms with Crippen LogP contribution < -0.4 is 25.4 Å². The number of para-hydroxylation sites is 1. The van der Waals surface area contributed by atoms with Gasteiger partial charge in [-0.1, -0.05) is 115 Å². The summed E-state index contributed by atoms with van der Waals surface area (Å²) < 4.78 is 31.7. The van der Waals surface area contributed by atoms with Crippen molar-refractivity contribution in [2.45, 2.75) is 0 Å². The summed E-state index contributed by atoms with van der Waals surface area (Å²) in [5.74, 6) is 2.34. The smallest absolute Gasteiger partial charge is 0.186 e. The molecule has 1 atom stereocenters. The zero-order chi connectivity index (χ0) is 33.7. The molecule has 240 valence electrons. The van der Waals surface area contributed by atoms with Crippen LogP contribution in [0.25, 0.3) is 60.5 Å². The van der Waals surface area contributed by atoms with Gasteiger partial charge < -0.3 is 18.6 Å². The molecule has 0 saturated heterocycles. The molecule has 51 heavy (non-hydrogen) atoms. The molecule has 0 N–H and O–H groups in total. The van der Waals surface area contributed by atoms with Crippen molar-refractivity contribution in [3.05, 3.63) is 170 Å². The number of ether oxygens (including phenoxy) is 2. The van der Waals surface area contributed by atoms with E-state index in [1.54, 1.807) is 0 Å². The van der Waals surface area contributed by atoms with Gasteiger partial charge >= 0.3 is 0 Å². The summed E-state index contributed by atoms with van der Waals surface area (Å²) in [6.45, 7) is 0. The van der Waals surface area contributed by atoms with Gasteiger partial charge in [-0.3, -0.25) is 0 Å². The van der Waals surface area contributed by atoms with E-state index < -0.39 is 7.14 Å². The summed E-state index contributed by atoms with van der Waals surface area (Å²) in [6, 6.07) is 58.3. The Balaban J connectivity index is 1.19. The minimum absolute atomic E-state index is 0.555. The SMILES string of the molecule is O=P12c3ccccc3Oc3cc(-n4c5ccc(-c6ccccc6)cc5c5cc(-c6ccccc6)ccc54)cc(c31)Oc1ccc3ccccc3c12. The number of aromatic nitrogens is 1. The Hall–Kier alpha value is -6.35. The number of hydrogen-bond donors (Lipinski definition) is 0. The predicted octanol–water partition coefficient (Wildman–Crippen LogP) is 11.1. The van der Waals surface area contributed by atoms with E-state index >= 15 is 4.57 Å². The van der Waals surface area contributed by atoms with Crippen LogP contribution in [0.1, 0.15) is 0 Å². The van der Waals surface area contributed by atoms with Gasteiger partial charge in [0.25, 0.3) is 0 Å². The monoisotopic (exact) mass is 673 g/mol. The maximum absolute atomic E-state index is 16.0. The van der Waals surface area contributed by atoms with E-state index in [0.717, 1.165) is 54.7 Å². The lowest BCUT2D eigenvalue weighted by Gasteiger charge is -2.35.